The molecule has 0 radical (unpaired) electrons. The van der Waals surface area contributed by atoms with E-state index in [1.165, 1.54) is 24.3 Å². The van der Waals surface area contributed by atoms with Crippen molar-refractivity contribution in [2.75, 3.05) is 32.2 Å². The second kappa shape index (κ2) is 7.61. The van der Waals surface area contributed by atoms with Gasteiger partial charge in [-0.05, 0) is 18.2 Å². The van der Waals surface area contributed by atoms with Crippen molar-refractivity contribution < 1.29 is 24.5 Å². The molecule has 2 aromatic carbocycles. The fraction of sp³-hybridized carbons (Fsp3) is 0.222. The third-order valence-electron chi connectivity index (χ3n) is 3.70. The van der Waals surface area contributed by atoms with Gasteiger partial charge in [0.2, 0.25) is 0 Å². The quantitative estimate of drug-likeness (QED) is 0.759. The number of ketones is 1. The monoisotopic (exact) mass is 329 g/mol. The third kappa shape index (κ3) is 3.72. The van der Waals surface area contributed by atoms with E-state index < -0.39 is 11.8 Å². The largest absolute Gasteiger partial charge is 0.507 e. The van der Waals surface area contributed by atoms with Crippen LogP contribution in [0.3, 0.4) is 0 Å². The Morgan fingerprint density at radius 3 is 2.33 bits per heavy atom. The van der Waals surface area contributed by atoms with Crippen LogP contribution >= 0.6 is 0 Å². The lowest BCUT2D eigenvalue weighted by molar-refractivity contribution is 0.0692. The average molecular weight is 329 g/mol. The lowest BCUT2D eigenvalue weighted by atomic mass is 9.97. The van der Waals surface area contributed by atoms with Crippen LogP contribution in [0.25, 0.3) is 0 Å². The van der Waals surface area contributed by atoms with Crippen molar-refractivity contribution >= 4 is 17.4 Å². The predicted octanol–water partition coefficient (Wildman–Crippen LogP) is 2.40. The lowest BCUT2D eigenvalue weighted by Crippen LogP contribution is -2.22. The fourth-order valence-corrected chi connectivity index (χ4v) is 2.32. The third-order valence-corrected chi connectivity index (χ3v) is 3.70. The molecule has 0 saturated heterocycles. The fourth-order valence-electron chi connectivity index (χ4n) is 2.32. The Hall–Kier alpha value is -2.86. The lowest BCUT2D eigenvalue weighted by Gasteiger charge is -2.19. The Morgan fingerprint density at radius 2 is 1.75 bits per heavy atom. The minimum Gasteiger partial charge on any atom is -0.507 e. The molecule has 2 rings (SSSR count). The zero-order valence-corrected chi connectivity index (χ0v) is 13.5. The normalized spacial score (nSPS) is 10.4. The van der Waals surface area contributed by atoms with Crippen LogP contribution in [0.15, 0.2) is 42.5 Å². The molecular formula is C18H19NO5. The standard InChI is InChI=1S/C18H19NO5/c1-19(9-10-24-2)12-7-8-15(16(20)11-12)17(21)13-5-3-4-6-14(13)18(22)23/h3-8,11,20H,9-10H2,1-2H3,(H,22,23). The number of nitrogens with zero attached hydrogens (tertiary/aromatic N) is 1. The molecule has 126 valence electrons. The molecule has 0 bridgehead atoms. The van der Waals surface area contributed by atoms with Gasteiger partial charge in [-0.15, -0.1) is 0 Å². The first-order valence-electron chi connectivity index (χ1n) is 7.35. The summed E-state index contributed by atoms with van der Waals surface area (Å²) in [4.78, 5) is 25.7. The predicted molar refractivity (Wildman–Crippen MR) is 90.1 cm³/mol. The zero-order chi connectivity index (χ0) is 17.7. The minimum atomic E-state index is -1.19. The van der Waals surface area contributed by atoms with Crippen molar-refractivity contribution in [1.29, 1.82) is 0 Å². The van der Waals surface area contributed by atoms with Crippen molar-refractivity contribution in [3.63, 3.8) is 0 Å². The number of anilines is 1. The number of benzene rings is 2. The summed E-state index contributed by atoms with van der Waals surface area (Å²) in [6.45, 7) is 1.16. The number of aromatic hydroxyl groups is 1. The Kier molecular flexibility index (Phi) is 5.55. The summed E-state index contributed by atoms with van der Waals surface area (Å²) in [6, 6.07) is 10.6. The molecular weight excluding hydrogens is 310 g/mol. The van der Waals surface area contributed by atoms with Gasteiger partial charge < -0.3 is 19.8 Å². The van der Waals surface area contributed by atoms with Gasteiger partial charge in [-0.1, -0.05) is 18.2 Å². The number of hydrogen-bond acceptors (Lipinski definition) is 5. The highest BCUT2D eigenvalue weighted by Crippen LogP contribution is 2.27. The topological polar surface area (TPSA) is 87.1 Å². The summed E-state index contributed by atoms with van der Waals surface area (Å²) < 4.78 is 5.01. The van der Waals surface area contributed by atoms with Gasteiger partial charge in [0.15, 0.2) is 5.78 Å². The summed E-state index contributed by atoms with van der Waals surface area (Å²) in [5, 5.41) is 19.4. The molecule has 0 amide bonds. The first-order chi connectivity index (χ1) is 11.5. The molecule has 0 aromatic heterocycles. The van der Waals surface area contributed by atoms with Gasteiger partial charge in [-0.2, -0.15) is 0 Å². The van der Waals surface area contributed by atoms with Crippen LogP contribution in [0.4, 0.5) is 5.69 Å². The Labute approximate surface area is 139 Å². The average Bonchev–Trinajstić information content (AvgIpc) is 2.58. The van der Waals surface area contributed by atoms with Gasteiger partial charge in [0.25, 0.3) is 0 Å². The number of carboxylic acid groups (broad SMARTS) is 1. The number of likely N-dealkylation sites (N-methyl/N-ethyl adjacent to an activating group) is 1. The van der Waals surface area contributed by atoms with Crippen molar-refractivity contribution in [3.8, 4) is 5.75 Å². The van der Waals surface area contributed by atoms with Gasteiger partial charge in [-0.3, -0.25) is 4.79 Å². The SMILES string of the molecule is COCCN(C)c1ccc(C(=O)c2ccccc2C(=O)O)c(O)c1. The molecule has 0 fully saturated rings. The highest BCUT2D eigenvalue weighted by molar-refractivity contribution is 6.15. The maximum absolute atomic E-state index is 12.6. The Morgan fingerprint density at radius 1 is 1.08 bits per heavy atom. The van der Waals surface area contributed by atoms with E-state index in [-0.39, 0.29) is 22.4 Å². The van der Waals surface area contributed by atoms with Crippen LogP contribution in [0.5, 0.6) is 5.75 Å². The number of methoxy groups -OCH3 is 1. The van der Waals surface area contributed by atoms with E-state index in [1.54, 1.807) is 25.3 Å². The van der Waals surface area contributed by atoms with Crippen molar-refractivity contribution in [2.45, 2.75) is 0 Å². The molecule has 0 spiro atoms. The molecule has 6 heteroatoms. The van der Waals surface area contributed by atoms with Gasteiger partial charge in [0.1, 0.15) is 5.75 Å². The zero-order valence-electron chi connectivity index (χ0n) is 13.5. The van der Waals surface area contributed by atoms with E-state index in [4.69, 9.17) is 4.74 Å². The number of carbonyl (C=O) groups excluding carboxylic acids is 1. The number of carboxylic acids is 1. The molecule has 2 aromatic rings. The van der Waals surface area contributed by atoms with Crippen molar-refractivity contribution in [3.05, 3.63) is 59.2 Å². The van der Waals surface area contributed by atoms with Crippen LogP contribution in [-0.4, -0.2) is 49.3 Å². The minimum absolute atomic E-state index is 0.0424. The Bertz CT molecular complexity index is 757. The van der Waals surface area contributed by atoms with Crippen LogP contribution in [0, 0.1) is 0 Å². The van der Waals surface area contributed by atoms with Gasteiger partial charge in [0.05, 0.1) is 17.7 Å². The second-order valence-corrected chi connectivity index (χ2v) is 5.30. The molecule has 2 N–H and O–H groups in total. The van der Waals surface area contributed by atoms with Crippen LogP contribution in [-0.2, 0) is 4.74 Å². The molecule has 6 nitrogen and oxygen atoms in total. The molecule has 0 aliphatic heterocycles. The van der Waals surface area contributed by atoms with E-state index in [1.807, 2.05) is 11.9 Å². The first-order valence-corrected chi connectivity index (χ1v) is 7.35. The number of ether oxygens (including phenoxy) is 1. The van der Waals surface area contributed by atoms with E-state index in [9.17, 15) is 19.8 Å². The van der Waals surface area contributed by atoms with Gasteiger partial charge in [-0.25, -0.2) is 4.79 Å². The van der Waals surface area contributed by atoms with E-state index in [2.05, 4.69) is 0 Å². The van der Waals surface area contributed by atoms with E-state index in [0.717, 1.165) is 5.69 Å². The molecule has 0 aliphatic carbocycles. The maximum atomic E-state index is 12.6. The maximum Gasteiger partial charge on any atom is 0.336 e. The Balaban J connectivity index is 2.33. The van der Waals surface area contributed by atoms with Crippen molar-refractivity contribution in [2.24, 2.45) is 0 Å². The summed E-state index contributed by atoms with van der Waals surface area (Å²) in [5.74, 6) is -1.91. The highest BCUT2D eigenvalue weighted by atomic mass is 16.5. The van der Waals surface area contributed by atoms with Crippen molar-refractivity contribution in [1.82, 2.24) is 0 Å². The smallest absolute Gasteiger partial charge is 0.336 e. The van der Waals surface area contributed by atoms with Crippen LogP contribution in [0.1, 0.15) is 26.3 Å². The summed E-state index contributed by atoms with van der Waals surface area (Å²) in [5.41, 5.74) is 0.740. The molecule has 0 aliphatic rings. The number of hydrogen-bond donors (Lipinski definition) is 2. The van der Waals surface area contributed by atoms with Gasteiger partial charge >= 0.3 is 5.97 Å². The number of carbonyl (C=O) groups is 2. The highest BCUT2D eigenvalue weighted by Gasteiger charge is 2.20. The summed E-state index contributed by atoms with van der Waals surface area (Å²) in [7, 11) is 3.45. The summed E-state index contributed by atoms with van der Waals surface area (Å²) in [6.07, 6.45) is 0. The second-order valence-electron chi connectivity index (χ2n) is 5.30. The molecule has 0 atom stereocenters. The molecule has 0 saturated carbocycles. The number of aromatic carboxylic acids is 1. The number of rotatable bonds is 7. The first kappa shape index (κ1) is 17.5. The number of phenolic OH excluding ortho intramolecular Hbond substituents is 1. The number of phenols is 1. The van der Waals surface area contributed by atoms with E-state index >= 15 is 0 Å². The summed E-state index contributed by atoms with van der Waals surface area (Å²) >= 11 is 0. The van der Waals surface area contributed by atoms with Gasteiger partial charge in [0, 0.05) is 38.0 Å². The molecule has 0 unspecified atom stereocenters. The molecule has 24 heavy (non-hydrogen) atoms. The molecule has 0 heterocycles. The van der Waals surface area contributed by atoms with E-state index in [0.29, 0.717) is 13.2 Å². The van der Waals surface area contributed by atoms with Crippen LogP contribution in [0.2, 0.25) is 0 Å². The van der Waals surface area contributed by atoms with Crippen LogP contribution < -0.4 is 4.90 Å².